The van der Waals surface area contributed by atoms with Gasteiger partial charge in [-0.3, -0.25) is 0 Å². The fourth-order valence-electron chi connectivity index (χ4n) is 2.09. The molecule has 2 aromatic rings. The van der Waals surface area contributed by atoms with Gasteiger partial charge in [0.15, 0.2) is 0 Å². The summed E-state index contributed by atoms with van der Waals surface area (Å²) in [4.78, 5) is 16.0. The molecule has 8 heteroatoms. The van der Waals surface area contributed by atoms with Gasteiger partial charge in [0.25, 0.3) is 0 Å². The van der Waals surface area contributed by atoms with Gasteiger partial charge in [0.2, 0.25) is 10.0 Å². The molecule has 1 aromatic carbocycles. The summed E-state index contributed by atoms with van der Waals surface area (Å²) in [5.41, 5.74) is 1.89. The van der Waals surface area contributed by atoms with Crippen LogP contribution < -0.4 is 10.5 Å². The summed E-state index contributed by atoms with van der Waals surface area (Å²) < 4.78 is 27.1. The molecule has 0 saturated carbocycles. The van der Waals surface area contributed by atoms with Gasteiger partial charge in [0, 0.05) is 12.7 Å². The first kappa shape index (κ1) is 17.9. The Balaban J connectivity index is 2.05. The summed E-state index contributed by atoms with van der Waals surface area (Å²) in [5, 5.41) is 8.10. The van der Waals surface area contributed by atoms with Gasteiger partial charge in [-0.05, 0) is 30.2 Å². The van der Waals surface area contributed by atoms with E-state index in [0.29, 0.717) is 30.1 Å². The lowest BCUT2D eigenvalue weighted by atomic mass is 10.1. The van der Waals surface area contributed by atoms with E-state index >= 15 is 0 Å². The number of nitrogens with two attached hydrogens (primary N) is 1. The van der Waals surface area contributed by atoms with E-state index in [-0.39, 0.29) is 5.75 Å². The summed E-state index contributed by atoms with van der Waals surface area (Å²) in [6, 6.07) is 10.3. The Morgan fingerprint density at radius 2 is 1.88 bits per heavy atom. The number of rotatable bonds is 7. The van der Waals surface area contributed by atoms with Crippen molar-refractivity contribution in [3.8, 4) is 0 Å². The van der Waals surface area contributed by atoms with Crippen molar-refractivity contribution in [2.24, 2.45) is 5.14 Å². The molecule has 0 atom stereocenters. The van der Waals surface area contributed by atoms with Crippen LogP contribution in [0.25, 0.3) is 0 Å². The molecule has 2 rings (SSSR count). The van der Waals surface area contributed by atoms with Crippen LogP contribution in [0.2, 0.25) is 0 Å². The average molecular weight is 349 g/mol. The maximum absolute atomic E-state index is 11.9. The smallest absolute Gasteiger partial charge is 0.341 e. The lowest BCUT2D eigenvalue weighted by Crippen LogP contribution is -2.14. The average Bonchev–Trinajstić information content (AvgIpc) is 2.53. The molecule has 0 amide bonds. The lowest BCUT2D eigenvalue weighted by Gasteiger charge is -2.10. The highest BCUT2D eigenvalue weighted by molar-refractivity contribution is 7.88. The molecule has 0 unspecified atom stereocenters. The predicted octanol–water partition coefficient (Wildman–Crippen LogP) is 1.66. The minimum Gasteiger partial charge on any atom is -0.462 e. The van der Waals surface area contributed by atoms with Crippen LogP contribution in [0.4, 0.5) is 5.82 Å². The van der Waals surface area contributed by atoms with Gasteiger partial charge in [-0.2, -0.15) is 0 Å². The van der Waals surface area contributed by atoms with Gasteiger partial charge in [-0.15, -0.1) is 0 Å². The molecular formula is C16H19N3O4S. The Kier molecular flexibility index (Phi) is 5.88. The molecule has 0 radical (unpaired) electrons. The molecule has 0 saturated heterocycles. The number of sulfonamides is 1. The number of aromatic nitrogens is 1. The Bertz CT molecular complexity index is 804. The fourth-order valence-corrected chi connectivity index (χ4v) is 2.75. The van der Waals surface area contributed by atoms with E-state index in [2.05, 4.69) is 10.3 Å². The van der Waals surface area contributed by atoms with Crippen molar-refractivity contribution < 1.29 is 17.9 Å². The molecule has 24 heavy (non-hydrogen) atoms. The Morgan fingerprint density at radius 1 is 1.21 bits per heavy atom. The number of benzene rings is 1. The van der Waals surface area contributed by atoms with Crippen LogP contribution in [0.3, 0.4) is 0 Å². The van der Waals surface area contributed by atoms with Crippen molar-refractivity contribution in [3.05, 3.63) is 59.3 Å². The standard InChI is InChI=1S/C16H19N3O4S/c1-2-23-16(20)14-4-3-9-18-15(14)19-10-12-5-7-13(8-6-12)11-24(17,21)22/h3-9H,2,10-11H2,1H3,(H,18,19)(H2,17,21,22). The summed E-state index contributed by atoms with van der Waals surface area (Å²) in [5.74, 6) is -0.199. The van der Waals surface area contributed by atoms with E-state index in [0.717, 1.165) is 5.56 Å². The third-order valence-electron chi connectivity index (χ3n) is 3.15. The van der Waals surface area contributed by atoms with E-state index in [4.69, 9.17) is 9.88 Å². The van der Waals surface area contributed by atoms with Crippen LogP contribution in [0.5, 0.6) is 0 Å². The largest absolute Gasteiger partial charge is 0.462 e. The monoisotopic (exact) mass is 349 g/mol. The molecule has 0 bridgehead atoms. The van der Waals surface area contributed by atoms with Crippen LogP contribution in [-0.2, 0) is 27.1 Å². The zero-order valence-electron chi connectivity index (χ0n) is 13.2. The number of pyridine rings is 1. The molecule has 128 valence electrons. The molecule has 0 aliphatic rings. The number of carbonyl (C=O) groups is 1. The third-order valence-corrected chi connectivity index (χ3v) is 3.89. The van der Waals surface area contributed by atoms with Crippen molar-refractivity contribution in [1.82, 2.24) is 4.98 Å². The number of hydrogen-bond donors (Lipinski definition) is 2. The normalized spacial score (nSPS) is 11.1. The van der Waals surface area contributed by atoms with Crippen LogP contribution in [0.15, 0.2) is 42.6 Å². The first-order valence-corrected chi connectivity index (χ1v) is 9.05. The Hall–Kier alpha value is -2.45. The van der Waals surface area contributed by atoms with E-state index in [9.17, 15) is 13.2 Å². The van der Waals surface area contributed by atoms with E-state index in [1.807, 2.05) is 0 Å². The number of anilines is 1. The molecule has 0 aliphatic carbocycles. The second kappa shape index (κ2) is 7.89. The Morgan fingerprint density at radius 3 is 2.50 bits per heavy atom. The predicted molar refractivity (Wildman–Crippen MR) is 90.8 cm³/mol. The van der Waals surface area contributed by atoms with Gasteiger partial charge in [-0.1, -0.05) is 24.3 Å². The first-order valence-electron chi connectivity index (χ1n) is 7.33. The summed E-state index contributed by atoms with van der Waals surface area (Å²) in [7, 11) is -3.54. The first-order chi connectivity index (χ1) is 11.4. The maximum Gasteiger partial charge on any atom is 0.341 e. The second-order valence-corrected chi connectivity index (χ2v) is 6.71. The third kappa shape index (κ3) is 5.32. The maximum atomic E-state index is 11.9. The van der Waals surface area contributed by atoms with Crippen molar-refractivity contribution in [3.63, 3.8) is 0 Å². The number of nitrogens with one attached hydrogen (secondary N) is 1. The topological polar surface area (TPSA) is 111 Å². The van der Waals surface area contributed by atoms with Crippen LogP contribution in [-0.4, -0.2) is 26.0 Å². The fraction of sp³-hybridized carbons (Fsp3) is 0.250. The SMILES string of the molecule is CCOC(=O)c1cccnc1NCc1ccc(CS(N)(=O)=O)cc1. The zero-order valence-corrected chi connectivity index (χ0v) is 14.0. The van der Waals surface area contributed by atoms with E-state index in [1.54, 1.807) is 49.5 Å². The number of primary sulfonamides is 1. The second-order valence-electron chi connectivity index (χ2n) is 5.10. The summed E-state index contributed by atoms with van der Waals surface area (Å²) in [6.45, 7) is 2.46. The van der Waals surface area contributed by atoms with Gasteiger partial charge >= 0.3 is 5.97 Å². The van der Waals surface area contributed by atoms with E-state index in [1.165, 1.54) is 0 Å². The number of carbonyl (C=O) groups excluding carboxylic acids is 1. The van der Waals surface area contributed by atoms with Gasteiger partial charge in [0.1, 0.15) is 11.4 Å². The summed E-state index contributed by atoms with van der Waals surface area (Å²) in [6.07, 6.45) is 1.58. The molecule has 0 fully saturated rings. The quantitative estimate of drug-likeness (QED) is 0.735. The van der Waals surface area contributed by atoms with Crippen molar-refractivity contribution in [2.45, 2.75) is 19.2 Å². The van der Waals surface area contributed by atoms with Gasteiger partial charge in [0.05, 0.1) is 12.4 Å². The van der Waals surface area contributed by atoms with E-state index < -0.39 is 16.0 Å². The van der Waals surface area contributed by atoms with Crippen molar-refractivity contribution in [1.29, 1.82) is 0 Å². The number of ether oxygens (including phenoxy) is 1. The molecule has 1 aromatic heterocycles. The van der Waals surface area contributed by atoms with Crippen LogP contribution >= 0.6 is 0 Å². The minimum atomic E-state index is -3.54. The summed E-state index contributed by atoms with van der Waals surface area (Å²) >= 11 is 0. The highest BCUT2D eigenvalue weighted by atomic mass is 32.2. The number of nitrogens with zero attached hydrogens (tertiary/aromatic N) is 1. The number of esters is 1. The molecular weight excluding hydrogens is 330 g/mol. The Labute approximate surface area is 140 Å². The molecule has 0 spiro atoms. The minimum absolute atomic E-state index is 0.200. The van der Waals surface area contributed by atoms with Crippen molar-refractivity contribution >= 4 is 21.8 Å². The molecule has 1 heterocycles. The molecule has 0 aliphatic heterocycles. The number of hydrogen-bond acceptors (Lipinski definition) is 6. The highest BCUT2D eigenvalue weighted by Crippen LogP contribution is 2.15. The molecule has 3 N–H and O–H groups in total. The zero-order chi connectivity index (χ0) is 17.6. The lowest BCUT2D eigenvalue weighted by molar-refractivity contribution is 0.0527. The van der Waals surface area contributed by atoms with Gasteiger partial charge < -0.3 is 10.1 Å². The van der Waals surface area contributed by atoms with Crippen LogP contribution in [0.1, 0.15) is 28.4 Å². The van der Waals surface area contributed by atoms with Gasteiger partial charge in [-0.25, -0.2) is 23.3 Å². The van der Waals surface area contributed by atoms with Crippen LogP contribution in [0, 0.1) is 0 Å². The highest BCUT2D eigenvalue weighted by Gasteiger charge is 2.13. The molecule has 7 nitrogen and oxygen atoms in total. The van der Waals surface area contributed by atoms with Crippen molar-refractivity contribution in [2.75, 3.05) is 11.9 Å².